The van der Waals surface area contributed by atoms with Gasteiger partial charge in [-0.1, -0.05) is 0 Å². The fourth-order valence-corrected chi connectivity index (χ4v) is 2.97. The number of hydrogen-bond acceptors (Lipinski definition) is 5. The van der Waals surface area contributed by atoms with E-state index in [0.717, 1.165) is 42.2 Å². The lowest BCUT2D eigenvalue weighted by Gasteiger charge is -2.39. The third kappa shape index (κ3) is 2.59. The van der Waals surface area contributed by atoms with Crippen LogP contribution in [0.2, 0.25) is 0 Å². The lowest BCUT2D eigenvalue weighted by molar-refractivity contribution is -0.0709. The van der Waals surface area contributed by atoms with Crippen molar-refractivity contribution in [1.29, 1.82) is 0 Å². The third-order valence-corrected chi connectivity index (χ3v) is 4.25. The molecule has 1 aromatic heterocycles. The van der Waals surface area contributed by atoms with Gasteiger partial charge in [-0.2, -0.15) is 0 Å². The zero-order valence-electron chi connectivity index (χ0n) is 9.95. The SMILES string of the molecule is CNCCc1nnc(CC2(OC)CCC2)s1. The normalized spacial score (nSPS) is 18.4. The zero-order valence-corrected chi connectivity index (χ0v) is 10.8. The molecule has 1 N–H and O–H groups in total. The largest absolute Gasteiger partial charge is 0.378 e. The van der Waals surface area contributed by atoms with Gasteiger partial charge in [0.15, 0.2) is 0 Å². The van der Waals surface area contributed by atoms with Gasteiger partial charge in [0.2, 0.25) is 0 Å². The Morgan fingerprint density at radius 1 is 1.38 bits per heavy atom. The van der Waals surface area contributed by atoms with Crippen LogP contribution in [-0.4, -0.2) is 36.5 Å². The molecule has 4 nitrogen and oxygen atoms in total. The van der Waals surface area contributed by atoms with Gasteiger partial charge >= 0.3 is 0 Å². The first-order valence-corrected chi connectivity index (χ1v) is 6.61. The first kappa shape index (κ1) is 12.0. The number of methoxy groups -OCH3 is 1. The molecule has 0 spiro atoms. The van der Waals surface area contributed by atoms with Crippen LogP contribution in [0.4, 0.5) is 0 Å². The van der Waals surface area contributed by atoms with Crippen LogP contribution in [0.1, 0.15) is 29.3 Å². The summed E-state index contributed by atoms with van der Waals surface area (Å²) in [5, 5.41) is 13.8. The maximum atomic E-state index is 5.59. The molecule has 2 rings (SSSR count). The molecule has 0 atom stereocenters. The fraction of sp³-hybridized carbons (Fsp3) is 0.818. The number of ether oxygens (including phenoxy) is 1. The second-order valence-electron chi connectivity index (χ2n) is 4.36. The van der Waals surface area contributed by atoms with Crippen molar-refractivity contribution in [3.63, 3.8) is 0 Å². The van der Waals surface area contributed by atoms with Crippen molar-refractivity contribution in [1.82, 2.24) is 15.5 Å². The van der Waals surface area contributed by atoms with Crippen LogP contribution in [0.3, 0.4) is 0 Å². The Kier molecular flexibility index (Phi) is 3.89. The lowest BCUT2D eigenvalue weighted by Crippen LogP contribution is -2.41. The Morgan fingerprint density at radius 3 is 2.69 bits per heavy atom. The van der Waals surface area contributed by atoms with Crippen molar-refractivity contribution >= 4 is 11.3 Å². The molecule has 0 amide bonds. The number of hydrogen-bond donors (Lipinski definition) is 1. The summed E-state index contributed by atoms with van der Waals surface area (Å²) in [6.07, 6.45) is 5.50. The molecule has 1 saturated carbocycles. The number of rotatable bonds is 6. The van der Waals surface area contributed by atoms with Crippen LogP contribution in [0, 0.1) is 0 Å². The molecule has 1 aliphatic carbocycles. The highest BCUT2D eigenvalue weighted by Crippen LogP contribution is 2.38. The highest BCUT2D eigenvalue weighted by Gasteiger charge is 2.38. The van der Waals surface area contributed by atoms with E-state index in [2.05, 4.69) is 15.5 Å². The van der Waals surface area contributed by atoms with E-state index < -0.39 is 0 Å². The molecule has 0 bridgehead atoms. The molecule has 0 aromatic carbocycles. The summed E-state index contributed by atoms with van der Waals surface area (Å²) < 4.78 is 5.59. The van der Waals surface area contributed by atoms with Crippen molar-refractivity contribution in [3.8, 4) is 0 Å². The van der Waals surface area contributed by atoms with E-state index >= 15 is 0 Å². The average Bonchev–Trinajstić information content (AvgIpc) is 2.68. The van der Waals surface area contributed by atoms with Gasteiger partial charge in [-0.25, -0.2) is 0 Å². The number of likely N-dealkylation sites (N-methyl/N-ethyl adjacent to an activating group) is 1. The maximum Gasteiger partial charge on any atom is 0.120 e. The molecule has 90 valence electrons. The van der Waals surface area contributed by atoms with E-state index in [1.165, 1.54) is 6.42 Å². The van der Waals surface area contributed by atoms with Gasteiger partial charge in [-0.05, 0) is 26.3 Å². The van der Waals surface area contributed by atoms with E-state index in [0.29, 0.717) is 0 Å². The van der Waals surface area contributed by atoms with Crippen molar-refractivity contribution in [2.75, 3.05) is 20.7 Å². The minimum absolute atomic E-state index is 0.0693. The number of nitrogens with one attached hydrogen (secondary N) is 1. The van der Waals surface area contributed by atoms with Crippen molar-refractivity contribution < 1.29 is 4.74 Å². The summed E-state index contributed by atoms with van der Waals surface area (Å²) in [6, 6.07) is 0. The Hall–Kier alpha value is -0.520. The van der Waals surface area contributed by atoms with Gasteiger partial charge in [-0.15, -0.1) is 21.5 Å². The zero-order chi connectivity index (χ0) is 11.4. The highest BCUT2D eigenvalue weighted by molar-refractivity contribution is 7.11. The third-order valence-electron chi connectivity index (χ3n) is 3.27. The van der Waals surface area contributed by atoms with Gasteiger partial charge in [0.05, 0.1) is 5.60 Å². The summed E-state index contributed by atoms with van der Waals surface area (Å²) in [4.78, 5) is 0. The topological polar surface area (TPSA) is 47.0 Å². The van der Waals surface area contributed by atoms with Gasteiger partial charge < -0.3 is 10.1 Å². The Balaban J connectivity index is 1.91. The molecule has 1 heterocycles. The summed E-state index contributed by atoms with van der Waals surface area (Å²) in [5.41, 5.74) is 0.0693. The highest BCUT2D eigenvalue weighted by atomic mass is 32.1. The Labute approximate surface area is 100 Å². The van der Waals surface area contributed by atoms with Crippen LogP contribution >= 0.6 is 11.3 Å². The molecule has 1 aromatic rings. The molecule has 0 saturated heterocycles. The van der Waals surface area contributed by atoms with Gasteiger partial charge in [0, 0.05) is 26.5 Å². The first-order valence-electron chi connectivity index (χ1n) is 5.79. The molecule has 0 unspecified atom stereocenters. The summed E-state index contributed by atoms with van der Waals surface area (Å²) in [7, 11) is 3.76. The molecule has 0 aliphatic heterocycles. The molecule has 1 fully saturated rings. The van der Waals surface area contributed by atoms with E-state index in [1.807, 2.05) is 14.2 Å². The van der Waals surface area contributed by atoms with Crippen LogP contribution in [-0.2, 0) is 17.6 Å². The molecular formula is C11H19N3OS. The van der Waals surface area contributed by atoms with Crippen molar-refractivity contribution in [2.45, 2.75) is 37.7 Å². The van der Waals surface area contributed by atoms with E-state index in [-0.39, 0.29) is 5.60 Å². The lowest BCUT2D eigenvalue weighted by atomic mass is 9.78. The average molecular weight is 241 g/mol. The maximum absolute atomic E-state index is 5.59. The molecule has 5 heteroatoms. The number of aromatic nitrogens is 2. The van der Waals surface area contributed by atoms with E-state index in [9.17, 15) is 0 Å². The summed E-state index contributed by atoms with van der Waals surface area (Å²) in [5.74, 6) is 0. The van der Waals surface area contributed by atoms with Crippen LogP contribution in [0.15, 0.2) is 0 Å². The van der Waals surface area contributed by atoms with Crippen molar-refractivity contribution in [2.24, 2.45) is 0 Å². The van der Waals surface area contributed by atoms with Crippen LogP contribution in [0.5, 0.6) is 0 Å². The summed E-state index contributed by atoms with van der Waals surface area (Å²) >= 11 is 1.72. The quantitative estimate of drug-likeness (QED) is 0.818. The molecular weight excluding hydrogens is 222 g/mol. The molecule has 16 heavy (non-hydrogen) atoms. The van der Waals surface area contributed by atoms with Crippen LogP contribution < -0.4 is 5.32 Å². The molecule has 0 radical (unpaired) electrons. The van der Waals surface area contributed by atoms with Gasteiger partial charge in [-0.3, -0.25) is 0 Å². The first-order chi connectivity index (χ1) is 7.78. The van der Waals surface area contributed by atoms with E-state index in [4.69, 9.17) is 4.74 Å². The van der Waals surface area contributed by atoms with Gasteiger partial charge in [0.1, 0.15) is 10.0 Å². The predicted molar refractivity (Wildman–Crippen MR) is 64.8 cm³/mol. The van der Waals surface area contributed by atoms with E-state index in [1.54, 1.807) is 11.3 Å². The fourth-order valence-electron chi connectivity index (χ4n) is 1.99. The van der Waals surface area contributed by atoms with Gasteiger partial charge in [0.25, 0.3) is 0 Å². The summed E-state index contributed by atoms with van der Waals surface area (Å²) in [6.45, 7) is 0.962. The van der Waals surface area contributed by atoms with Crippen LogP contribution in [0.25, 0.3) is 0 Å². The number of nitrogens with zero attached hydrogens (tertiary/aromatic N) is 2. The minimum atomic E-state index is 0.0693. The second kappa shape index (κ2) is 5.21. The molecule has 1 aliphatic rings. The predicted octanol–water partition coefficient (Wildman–Crippen LogP) is 1.41. The minimum Gasteiger partial charge on any atom is -0.378 e. The Morgan fingerprint density at radius 2 is 2.12 bits per heavy atom. The van der Waals surface area contributed by atoms with Crippen molar-refractivity contribution in [3.05, 3.63) is 10.0 Å². The monoisotopic (exact) mass is 241 g/mol. The second-order valence-corrected chi connectivity index (χ2v) is 5.51. The Bertz CT molecular complexity index is 330. The standard InChI is InChI=1S/C11H19N3OS/c1-12-7-4-9-13-14-10(16-9)8-11(15-2)5-3-6-11/h12H,3-8H2,1-2H3. The smallest absolute Gasteiger partial charge is 0.120 e.